The number of H-pyrrole nitrogens is 2. The lowest BCUT2D eigenvalue weighted by Crippen LogP contribution is -2.67. The molecule has 138 valence electrons. The number of nitrogens with one attached hydrogen (secondary N) is 2. The van der Waals surface area contributed by atoms with E-state index < -0.39 is 0 Å². The van der Waals surface area contributed by atoms with Crippen molar-refractivity contribution in [3.8, 4) is 0 Å². The topological polar surface area (TPSA) is 78.2 Å². The average Bonchev–Trinajstić information content (AvgIpc) is 2.55. The highest BCUT2D eigenvalue weighted by molar-refractivity contribution is 7.71. The van der Waals surface area contributed by atoms with Gasteiger partial charge in [0.1, 0.15) is 0 Å². The number of benzene rings is 1. The number of aromatic nitrogens is 2. The molecule has 1 aromatic heterocycles. The highest BCUT2D eigenvalue weighted by Gasteiger charge is 2.60. The first-order valence-corrected chi connectivity index (χ1v) is 9.52. The van der Waals surface area contributed by atoms with Crippen LogP contribution in [0, 0.1) is 10.2 Å². The van der Waals surface area contributed by atoms with Gasteiger partial charge in [0.15, 0.2) is 4.77 Å². The standard InChI is InChI=1S/C19H23N3O3S/c1-3-25-15-10-14(19(15)7-4-8-19)22(2)17(24)11-5-6-12-13(9-11)20-18(26)21-16(12)23/h5-6,9,14-15H,3-4,7-8,10H2,1-2H3,(H2,20,21,23,26)/t14-,15-/m1/s1. The van der Waals surface area contributed by atoms with Crippen LogP contribution >= 0.6 is 12.2 Å². The maximum Gasteiger partial charge on any atom is 0.259 e. The van der Waals surface area contributed by atoms with Gasteiger partial charge in [-0.05, 0) is 56.6 Å². The molecule has 0 unspecified atom stereocenters. The number of nitrogens with zero attached hydrogens (tertiary/aromatic N) is 1. The van der Waals surface area contributed by atoms with Crippen LogP contribution in [-0.4, -0.2) is 46.6 Å². The van der Waals surface area contributed by atoms with Crippen LogP contribution in [0.3, 0.4) is 0 Å². The number of aromatic amines is 2. The summed E-state index contributed by atoms with van der Waals surface area (Å²) in [6, 6.07) is 5.31. The van der Waals surface area contributed by atoms with E-state index in [0.29, 0.717) is 16.5 Å². The zero-order valence-corrected chi connectivity index (χ0v) is 15.8. The van der Waals surface area contributed by atoms with Gasteiger partial charge in [0.25, 0.3) is 11.5 Å². The van der Waals surface area contributed by atoms with Gasteiger partial charge in [-0.25, -0.2) is 0 Å². The smallest absolute Gasteiger partial charge is 0.259 e. The SMILES string of the molecule is CCO[C@@H]1C[C@@H](N(C)C(=O)c2ccc3c(=O)[nH]c(=S)[nH]c3c2)C12CCC2. The van der Waals surface area contributed by atoms with Gasteiger partial charge in [-0.2, -0.15) is 0 Å². The molecular weight excluding hydrogens is 350 g/mol. The van der Waals surface area contributed by atoms with Gasteiger partial charge < -0.3 is 14.6 Å². The molecule has 6 nitrogen and oxygen atoms in total. The molecule has 0 radical (unpaired) electrons. The molecule has 2 fully saturated rings. The summed E-state index contributed by atoms with van der Waals surface area (Å²) in [5.41, 5.74) is 1.03. The van der Waals surface area contributed by atoms with Crippen molar-refractivity contribution >= 4 is 29.0 Å². The molecule has 2 aromatic rings. The zero-order chi connectivity index (χ0) is 18.5. The van der Waals surface area contributed by atoms with Crippen molar-refractivity contribution in [1.29, 1.82) is 0 Å². The summed E-state index contributed by atoms with van der Waals surface area (Å²) in [5, 5.41) is 0.494. The molecular formula is C19H23N3O3S. The van der Waals surface area contributed by atoms with Crippen molar-refractivity contribution in [2.45, 2.75) is 44.8 Å². The summed E-state index contributed by atoms with van der Waals surface area (Å²) in [4.78, 5) is 32.4. The molecule has 0 saturated heterocycles. The molecule has 1 heterocycles. The normalized spacial score (nSPS) is 23.5. The number of carbonyl (C=O) groups excluding carboxylic acids is 1. The largest absolute Gasteiger partial charge is 0.378 e. The van der Waals surface area contributed by atoms with E-state index in [2.05, 4.69) is 9.97 Å². The van der Waals surface area contributed by atoms with Gasteiger partial charge in [-0.3, -0.25) is 14.6 Å². The van der Waals surface area contributed by atoms with E-state index in [4.69, 9.17) is 17.0 Å². The van der Waals surface area contributed by atoms with E-state index in [1.165, 1.54) is 6.42 Å². The van der Waals surface area contributed by atoms with Crippen LogP contribution in [0.4, 0.5) is 0 Å². The summed E-state index contributed by atoms with van der Waals surface area (Å²) >= 11 is 5.03. The molecule has 1 amide bonds. The molecule has 2 atom stereocenters. The van der Waals surface area contributed by atoms with Crippen molar-refractivity contribution in [1.82, 2.24) is 14.9 Å². The predicted molar refractivity (Wildman–Crippen MR) is 102 cm³/mol. The quantitative estimate of drug-likeness (QED) is 0.808. The van der Waals surface area contributed by atoms with Crippen LogP contribution in [0.1, 0.15) is 43.0 Å². The van der Waals surface area contributed by atoms with E-state index in [1.54, 1.807) is 18.2 Å². The molecule has 0 aliphatic heterocycles. The monoisotopic (exact) mass is 373 g/mol. The van der Waals surface area contributed by atoms with E-state index >= 15 is 0 Å². The third-order valence-corrected chi connectivity index (χ3v) is 6.37. The molecule has 1 aromatic carbocycles. The fourth-order valence-electron chi connectivity index (χ4n) is 4.59. The van der Waals surface area contributed by atoms with Gasteiger partial charge in [0.2, 0.25) is 0 Å². The van der Waals surface area contributed by atoms with E-state index in [0.717, 1.165) is 25.9 Å². The Morgan fingerprint density at radius 2 is 2.15 bits per heavy atom. The fraction of sp³-hybridized carbons (Fsp3) is 0.526. The Kier molecular flexibility index (Phi) is 4.23. The molecule has 2 saturated carbocycles. The summed E-state index contributed by atoms with van der Waals surface area (Å²) in [6.07, 6.45) is 4.62. The number of carbonyl (C=O) groups is 1. The maximum absolute atomic E-state index is 13.0. The summed E-state index contributed by atoms with van der Waals surface area (Å²) < 4.78 is 6.15. The number of fused-ring (bicyclic) bond motifs is 1. The first-order chi connectivity index (χ1) is 12.5. The average molecular weight is 373 g/mol. The summed E-state index contributed by atoms with van der Waals surface area (Å²) in [7, 11) is 1.87. The molecule has 1 spiro atoms. The Hall–Kier alpha value is -1.99. The Morgan fingerprint density at radius 1 is 1.38 bits per heavy atom. The van der Waals surface area contributed by atoms with Crippen molar-refractivity contribution in [2.24, 2.45) is 5.41 Å². The van der Waals surface area contributed by atoms with Crippen molar-refractivity contribution in [3.63, 3.8) is 0 Å². The highest BCUT2D eigenvalue weighted by atomic mass is 32.1. The summed E-state index contributed by atoms with van der Waals surface area (Å²) in [5.74, 6) is -0.0299. The van der Waals surface area contributed by atoms with E-state index in [-0.39, 0.29) is 33.8 Å². The Morgan fingerprint density at radius 3 is 2.81 bits per heavy atom. The Bertz CT molecular complexity index is 976. The van der Waals surface area contributed by atoms with E-state index in [9.17, 15) is 9.59 Å². The maximum atomic E-state index is 13.0. The number of hydrogen-bond donors (Lipinski definition) is 2. The molecule has 4 rings (SSSR count). The van der Waals surface area contributed by atoms with Crippen molar-refractivity contribution < 1.29 is 9.53 Å². The van der Waals surface area contributed by atoms with Crippen LogP contribution in [-0.2, 0) is 4.74 Å². The predicted octanol–water partition coefficient (Wildman–Crippen LogP) is 3.01. The minimum atomic E-state index is -0.247. The molecule has 2 aliphatic carbocycles. The van der Waals surface area contributed by atoms with Crippen molar-refractivity contribution in [3.05, 3.63) is 38.9 Å². The first-order valence-electron chi connectivity index (χ1n) is 9.11. The lowest BCUT2D eigenvalue weighted by Gasteiger charge is -2.63. The van der Waals surface area contributed by atoms with Gasteiger partial charge in [-0.1, -0.05) is 6.42 Å². The van der Waals surface area contributed by atoms with Gasteiger partial charge in [0, 0.05) is 30.7 Å². The van der Waals surface area contributed by atoms with Crippen LogP contribution in [0.25, 0.3) is 10.9 Å². The second-order valence-corrected chi connectivity index (χ2v) is 7.78. The number of ether oxygens (including phenoxy) is 1. The van der Waals surface area contributed by atoms with Crippen LogP contribution in [0.2, 0.25) is 0 Å². The van der Waals surface area contributed by atoms with Gasteiger partial charge >= 0.3 is 0 Å². The Balaban J connectivity index is 1.61. The van der Waals surface area contributed by atoms with E-state index in [1.807, 2.05) is 18.9 Å². The number of amides is 1. The third-order valence-electron chi connectivity index (χ3n) is 6.17. The molecule has 0 bridgehead atoms. The minimum absolute atomic E-state index is 0.0299. The van der Waals surface area contributed by atoms with Crippen LogP contribution in [0.5, 0.6) is 0 Å². The van der Waals surface area contributed by atoms with Crippen molar-refractivity contribution in [2.75, 3.05) is 13.7 Å². The first kappa shape index (κ1) is 17.4. The zero-order valence-electron chi connectivity index (χ0n) is 15.0. The number of rotatable bonds is 4. The molecule has 2 N–H and O–H groups in total. The van der Waals surface area contributed by atoms with Gasteiger partial charge in [0.05, 0.1) is 17.0 Å². The second-order valence-electron chi connectivity index (χ2n) is 7.37. The molecule has 26 heavy (non-hydrogen) atoms. The second kappa shape index (κ2) is 6.32. The molecule has 2 aliphatic rings. The van der Waals surface area contributed by atoms with Gasteiger partial charge in [-0.15, -0.1) is 0 Å². The van der Waals surface area contributed by atoms with Crippen LogP contribution < -0.4 is 5.56 Å². The fourth-order valence-corrected chi connectivity index (χ4v) is 4.80. The number of hydrogen-bond acceptors (Lipinski definition) is 4. The van der Waals surface area contributed by atoms with Crippen LogP contribution in [0.15, 0.2) is 23.0 Å². The summed E-state index contributed by atoms with van der Waals surface area (Å²) in [6.45, 7) is 2.74. The lowest BCUT2D eigenvalue weighted by molar-refractivity contribution is -0.192. The lowest BCUT2D eigenvalue weighted by atomic mass is 9.50. The molecule has 7 heteroatoms. The highest BCUT2D eigenvalue weighted by Crippen LogP contribution is 2.59. The minimum Gasteiger partial charge on any atom is -0.378 e. The Labute approximate surface area is 156 Å². The third kappa shape index (κ3) is 2.53.